The van der Waals surface area contributed by atoms with Gasteiger partial charge in [-0.05, 0) is 54.8 Å². The molecule has 0 unspecified atom stereocenters. The first-order chi connectivity index (χ1) is 17.1. The van der Waals surface area contributed by atoms with Gasteiger partial charge in [0, 0.05) is 48.1 Å². The number of nitrogens with zero attached hydrogens (tertiary/aromatic N) is 2. The first-order valence-electron chi connectivity index (χ1n) is 12.1. The van der Waals surface area contributed by atoms with Gasteiger partial charge >= 0.3 is 0 Å². The van der Waals surface area contributed by atoms with Crippen molar-refractivity contribution in [1.82, 2.24) is 9.80 Å². The Morgan fingerprint density at radius 1 is 0.944 bits per heavy atom. The normalized spacial score (nSPS) is 18.4. The van der Waals surface area contributed by atoms with Crippen LogP contribution in [0.15, 0.2) is 78.0 Å². The molecule has 0 saturated carbocycles. The van der Waals surface area contributed by atoms with Crippen molar-refractivity contribution in [2.45, 2.75) is 25.3 Å². The third-order valence-electron chi connectivity index (χ3n) is 6.82. The lowest BCUT2D eigenvalue weighted by molar-refractivity contribution is -0.117. The number of hydrogen-bond acceptors (Lipinski definition) is 6. The summed E-state index contributed by atoms with van der Waals surface area (Å²) >= 11 is 0. The molecule has 1 N–H and O–H groups in total. The molecule has 0 radical (unpaired) electrons. The maximum absolute atomic E-state index is 12.6. The quantitative estimate of drug-likeness (QED) is 0.599. The molecule has 8 heteroatoms. The van der Waals surface area contributed by atoms with Crippen LogP contribution in [0.4, 0.5) is 5.69 Å². The van der Waals surface area contributed by atoms with Gasteiger partial charge in [-0.25, -0.2) is 0 Å². The van der Waals surface area contributed by atoms with Gasteiger partial charge in [0.05, 0.1) is 13.2 Å². The number of carbonyl (C=O) groups excluding carboxylic acids is 3. The fourth-order valence-electron chi connectivity index (χ4n) is 4.97. The number of ether oxygens (including phenoxy) is 1. The van der Waals surface area contributed by atoms with Gasteiger partial charge in [-0.15, -0.1) is 12.4 Å². The van der Waals surface area contributed by atoms with E-state index < -0.39 is 0 Å². The van der Waals surface area contributed by atoms with E-state index in [9.17, 15) is 14.4 Å². The van der Waals surface area contributed by atoms with E-state index in [-0.39, 0.29) is 29.9 Å². The van der Waals surface area contributed by atoms with Crippen LogP contribution in [0.25, 0.3) is 0 Å². The van der Waals surface area contributed by atoms with Crippen molar-refractivity contribution in [3.8, 4) is 0 Å². The van der Waals surface area contributed by atoms with Gasteiger partial charge in [0.15, 0.2) is 11.6 Å². The zero-order chi connectivity index (χ0) is 24.2. The summed E-state index contributed by atoms with van der Waals surface area (Å²) in [6, 6.07) is 16.5. The second kappa shape index (κ2) is 11.6. The number of benzene rings is 2. The molecular formula is C28H30ClN3O4. The number of likely N-dealkylation sites (tertiary alicyclic amines) is 1. The number of ketones is 2. The molecule has 1 saturated heterocycles. The van der Waals surface area contributed by atoms with E-state index >= 15 is 0 Å². The maximum Gasteiger partial charge on any atom is 0.238 e. The smallest absolute Gasteiger partial charge is 0.238 e. The van der Waals surface area contributed by atoms with Crippen LogP contribution in [-0.4, -0.2) is 66.3 Å². The highest BCUT2D eigenvalue weighted by Crippen LogP contribution is 2.29. The lowest BCUT2D eigenvalue weighted by atomic mass is 9.96. The Hall–Kier alpha value is -3.26. The first kappa shape index (κ1) is 25.8. The zero-order valence-electron chi connectivity index (χ0n) is 20.0. The van der Waals surface area contributed by atoms with Crippen molar-refractivity contribution < 1.29 is 19.1 Å². The second-order valence-electron chi connectivity index (χ2n) is 9.24. The fourth-order valence-corrected chi connectivity index (χ4v) is 4.97. The van der Waals surface area contributed by atoms with Gasteiger partial charge in [0.25, 0.3) is 0 Å². The molecule has 36 heavy (non-hydrogen) atoms. The number of nitrogens with one attached hydrogen (secondary N) is 1. The minimum absolute atomic E-state index is 0. The molecule has 0 bridgehead atoms. The van der Waals surface area contributed by atoms with E-state index in [1.165, 1.54) is 0 Å². The van der Waals surface area contributed by atoms with Gasteiger partial charge in [0.2, 0.25) is 5.91 Å². The summed E-state index contributed by atoms with van der Waals surface area (Å²) in [6.07, 6.45) is 5.92. The highest BCUT2D eigenvalue weighted by molar-refractivity contribution is 6.09. The molecule has 0 atom stereocenters. The van der Waals surface area contributed by atoms with Crippen LogP contribution in [0.5, 0.6) is 0 Å². The highest BCUT2D eigenvalue weighted by atomic mass is 35.5. The van der Waals surface area contributed by atoms with Crippen molar-refractivity contribution in [1.29, 1.82) is 0 Å². The Morgan fingerprint density at radius 3 is 2.36 bits per heavy atom. The molecule has 2 aliphatic heterocycles. The van der Waals surface area contributed by atoms with Crippen molar-refractivity contribution in [2.24, 2.45) is 0 Å². The number of rotatable bonds is 6. The molecule has 7 nitrogen and oxygen atoms in total. The predicted molar refractivity (Wildman–Crippen MR) is 140 cm³/mol. The molecule has 1 fully saturated rings. The Morgan fingerprint density at radius 2 is 1.64 bits per heavy atom. The molecule has 5 rings (SSSR count). The average molecular weight is 508 g/mol. The van der Waals surface area contributed by atoms with Gasteiger partial charge in [-0.3, -0.25) is 19.3 Å². The Kier molecular flexibility index (Phi) is 8.36. The molecule has 3 aliphatic rings. The van der Waals surface area contributed by atoms with Crippen LogP contribution in [-0.2, 0) is 14.3 Å². The van der Waals surface area contributed by atoms with E-state index in [2.05, 4.69) is 15.1 Å². The predicted octanol–water partition coefficient (Wildman–Crippen LogP) is 3.82. The van der Waals surface area contributed by atoms with Crippen molar-refractivity contribution in [3.63, 3.8) is 0 Å². The van der Waals surface area contributed by atoms with E-state index in [0.29, 0.717) is 49.2 Å². The minimum Gasteiger partial charge on any atom is -0.357 e. The number of anilines is 1. The number of halogens is 1. The summed E-state index contributed by atoms with van der Waals surface area (Å²) in [5, 5.41) is 2.94. The lowest BCUT2D eigenvalue weighted by Crippen LogP contribution is -2.48. The number of amides is 1. The van der Waals surface area contributed by atoms with Gasteiger partial charge < -0.3 is 15.0 Å². The van der Waals surface area contributed by atoms with E-state index in [1.807, 2.05) is 24.3 Å². The fraction of sp³-hybridized carbons (Fsp3) is 0.321. The van der Waals surface area contributed by atoms with Crippen molar-refractivity contribution >= 4 is 35.6 Å². The summed E-state index contributed by atoms with van der Waals surface area (Å²) in [5.41, 5.74) is 4.12. The summed E-state index contributed by atoms with van der Waals surface area (Å²) < 4.78 is 5.74. The Labute approximate surface area is 217 Å². The summed E-state index contributed by atoms with van der Waals surface area (Å²) in [5.74, 6) is 0.0294. The largest absolute Gasteiger partial charge is 0.357 e. The zero-order valence-corrected chi connectivity index (χ0v) is 20.8. The SMILES string of the molecule is Cl.O=C1C=CC2=C(COCN2C2CCN(CC(=O)Nc3ccc(C(=O)c4ccccc4)cc3)CC2)C1. The number of hydrogen-bond donors (Lipinski definition) is 1. The summed E-state index contributed by atoms with van der Waals surface area (Å²) in [4.78, 5) is 41.3. The van der Waals surface area contributed by atoms with Crippen LogP contribution >= 0.6 is 12.4 Å². The maximum atomic E-state index is 12.6. The van der Waals surface area contributed by atoms with Crippen LogP contribution in [0.1, 0.15) is 35.2 Å². The number of carbonyl (C=O) groups is 3. The Balaban J connectivity index is 0.00000304. The molecule has 2 aromatic carbocycles. The molecule has 188 valence electrons. The van der Waals surface area contributed by atoms with Crippen LogP contribution in [0.2, 0.25) is 0 Å². The molecule has 0 aromatic heterocycles. The minimum atomic E-state index is -0.0642. The molecule has 0 spiro atoms. The molecule has 2 heterocycles. The average Bonchev–Trinajstić information content (AvgIpc) is 2.89. The molecule has 1 aliphatic carbocycles. The molecular weight excluding hydrogens is 478 g/mol. The topological polar surface area (TPSA) is 79.0 Å². The number of piperidine rings is 1. The molecule has 1 amide bonds. The van der Waals surface area contributed by atoms with Crippen molar-refractivity contribution in [3.05, 3.63) is 89.1 Å². The summed E-state index contributed by atoms with van der Waals surface area (Å²) in [7, 11) is 0. The van der Waals surface area contributed by atoms with E-state index in [1.54, 1.807) is 42.5 Å². The third-order valence-corrected chi connectivity index (χ3v) is 6.82. The van der Waals surface area contributed by atoms with Gasteiger partial charge in [0.1, 0.15) is 6.73 Å². The first-order valence-corrected chi connectivity index (χ1v) is 12.1. The Bertz CT molecular complexity index is 1170. The monoisotopic (exact) mass is 507 g/mol. The number of allylic oxidation sites excluding steroid dienone is 2. The molecule has 2 aromatic rings. The van der Waals surface area contributed by atoms with Crippen molar-refractivity contribution in [2.75, 3.05) is 38.3 Å². The van der Waals surface area contributed by atoms with Gasteiger partial charge in [-0.1, -0.05) is 30.3 Å². The van der Waals surface area contributed by atoms with Crippen LogP contribution in [0, 0.1) is 0 Å². The van der Waals surface area contributed by atoms with E-state index in [4.69, 9.17) is 4.74 Å². The third kappa shape index (κ3) is 5.93. The van der Waals surface area contributed by atoms with E-state index in [0.717, 1.165) is 37.2 Å². The van der Waals surface area contributed by atoms with Crippen LogP contribution < -0.4 is 5.32 Å². The summed E-state index contributed by atoms with van der Waals surface area (Å²) in [6.45, 7) is 3.05. The van der Waals surface area contributed by atoms with Crippen LogP contribution in [0.3, 0.4) is 0 Å². The lowest BCUT2D eigenvalue weighted by Gasteiger charge is -2.43. The highest BCUT2D eigenvalue weighted by Gasteiger charge is 2.31. The van der Waals surface area contributed by atoms with Gasteiger partial charge in [-0.2, -0.15) is 0 Å². The second-order valence-corrected chi connectivity index (χ2v) is 9.24. The standard InChI is InChI=1S/C28H29N3O4.ClH/c32-25-10-11-26-22(16-25)18-35-19-31(26)24-12-14-30(15-13-24)17-27(33)29-23-8-6-21(7-9-23)28(34)20-4-2-1-3-5-20;/h1-11,24H,12-19H2,(H,29,33);1H.